The summed E-state index contributed by atoms with van der Waals surface area (Å²) >= 11 is 0. The van der Waals surface area contributed by atoms with E-state index in [0.717, 1.165) is 44.9 Å². The summed E-state index contributed by atoms with van der Waals surface area (Å²) < 4.78 is 0. The fourth-order valence-corrected chi connectivity index (χ4v) is 7.34. The van der Waals surface area contributed by atoms with Gasteiger partial charge in [-0.1, -0.05) is 205 Å². The van der Waals surface area contributed by atoms with Crippen LogP contribution in [0, 0.1) is 0 Å². The first-order valence-electron chi connectivity index (χ1n) is 23.7. The molecular formula is C48H93NO5. The lowest BCUT2D eigenvalue weighted by atomic mass is 10.00. The number of aliphatic hydroxyl groups is 4. The quantitative estimate of drug-likeness (QED) is 0.0314. The Labute approximate surface area is 335 Å². The van der Waals surface area contributed by atoms with Crippen LogP contribution in [0.15, 0.2) is 24.3 Å². The zero-order valence-electron chi connectivity index (χ0n) is 36.0. The van der Waals surface area contributed by atoms with Crippen molar-refractivity contribution < 1.29 is 25.2 Å². The number of hydrogen-bond donors (Lipinski definition) is 5. The van der Waals surface area contributed by atoms with Gasteiger partial charge in [-0.3, -0.25) is 4.79 Å². The van der Waals surface area contributed by atoms with E-state index in [1.807, 2.05) is 0 Å². The molecule has 320 valence electrons. The molecule has 54 heavy (non-hydrogen) atoms. The Kier molecular flexibility index (Phi) is 42.0. The Morgan fingerprint density at radius 2 is 0.759 bits per heavy atom. The van der Waals surface area contributed by atoms with Crippen LogP contribution >= 0.6 is 0 Å². The minimum absolute atomic E-state index is 0.357. The monoisotopic (exact) mass is 764 g/mol. The van der Waals surface area contributed by atoms with E-state index in [0.29, 0.717) is 12.8 Å². The van der Waals surface area contributed by atoms with Gasteiger partial charge in [-0.25, -0.2) is 0 Å². The summed E-state index contributed by atoms with van der Waals surface area (Å²) in [6.07, 6.45) is 49.3. The lowest BCUT2D eigenvalue weighted by Crippen LogP contribution is -2.53. The molecule has 0 aliphatic heterocycles. The normalized spacial score (nSPS) is 14.3. The number of rotatable bonds is 43. The van der Waals surface area contributed by atoms with E-state index in [4.69, 9.17) is 0 Å². The van der Waals surface area contributed by atoms with Crippen LogP contribution in [0.4, 0.5) is 0 Å². The number of amides is 1. The molecule has 0 radical (unpaired) electrons. The third-order valence-electron chi connectivity index (χ3n) is 11.1. The Morgan fingerprint density at radius 3 is 1.11 bits per heavy atom. The highest BCUT2D eigenvalue weighted by Crippen LogP contribution is 2.16. The molecule has 6 nitrogen and oxygen atoms in total. The Hall–Kier alpha value is -1.21. The summed E-state index contributed by atoms with van der Waals surface area (Å²) in [6.45, 7) is 4.04. The van der Waals surface area contributed by atoms with Gasteiger partial charge in [0.1, 0.15) is 12.2 Å². The van der Waals surface area contributed by atoms with Crippen molar-refractivity contribution in [2.24, 2.45) is 0 Å². The van der Waals surface area contributed by atoms with E-state index < -0.39 is 36.9 Å². The summed E-state index contributed by atoms with van der Waals surface area (Å²) in [6, 6.07) is -1.00. The van der Waals surface area contributed by atoms with Crippen LogP contribution in [0.2, 0.25) is 0 Å². The minimum atomic E-state index is -1.28. The van der Waals surface area contributed by atoms with Crippen molar-refractivity contribution in [3.8, 4) is 0 Å². The van der Waals surface area contributed by atoms with Crippen molar-refractivity contribution in [2.75, 3.05) is 6.61 Å². The number of unbranched alkanes of at least 4 members (excludes halogenated alkanes) is 30. The SMILES string of the molecule is CCCCCCCC/C=C\CCCCCCCCC(O)C(=O)NC(CO)C(O)C(O)CCC/C=C/CCCCCCCCCCCCCCCCCCC. The second-order valence-electron chi connectivity index (χ2n) is 16.4. The zero-order valence-corrected chi connectivity index (χ0v) is 36.0. The van der Waals surface area contributed by atoms with Crippen molar-refractivity contribution >= 4 is 5.91 Å². The lowest BCUT2D eigenvalue weighted by molar-refractivity contribution is -0.132. The van der Waals surface area contributed by atoms with Crippen LogP contribution in [0.3, 0.4) is 0 Å². The highest BCUT2D eigenvalue weighted by molar-refractivity contribution is 5.80. The molecule has 0 spiro atoms. The number of allylic oxidation sites excluding steroid dienone is 4. The Balaban J connectivity index is 3.73. The average Bonchev–Trinajstić information content (AvgIpc) is 3.18. The molecule has 0 rings (SSSR count). The van der Waals surface area contributed by atoms with Crippen molar-refractivity contribution in [3.63, 3.8) is 0 Å². The van der Waals surface area contributed by atoms with Gasteiger partial charge in [0.15, 0.2) is 0 Å². The van der Waals surface area contributed by atoms with E-state index in [1.54, 1.807) is 0 Å². The highest BCUT2D eigenvalue weighted by atomic mass is 16.3. The summed E-state index contributed by atoms with van der Waals surface area (Å²) in [5, 5.41) is 43.7. The van der Waals surface area contributed by atoms with Crippen molar-refractivity contribution in [1.82, 2.24) is 5.32 Å². The van der Waals surface area contributed by atoms with Gasteiger partial charge < -0.3 is 25.7 Å². The maximum atomic E-state index is 12.5. The molecule has 4 unspecified atom stereocenters. The zero-order chi connectivity index (χ0) is 39.6. The van der Waals surface area contributed by atoms with Crippen LogP contribution in [0.1, 0.15) is 245 Å². The highest BCUT2D eigenvalue weighted by Gasteiger charge is 2.28. The molecule has 0 aromatic rings. The standard InChI is InChI=1S/C48H93NO5/c1-3-5-7-9-11-13-15-17-19-21-22-23-24-25-26-28-29-31-33-35-37-39-41-45(51)47(53)44(43-50)49-48(54)46(52)42-40-38-36-34-32-30-27-20-18-16-14-12-10-8-6-4-2/h18,20,33,35,44-47,50-53H,3-17,19,21-32,34,36-43H2,1-2H3,(H,49,54)/b20-18-,35-33+. The number of nitrogens with one attached hydrogen (secondary N) is 1. The van der Waals surface area contributed by atoms with E-state index in [9.17, 15) is 25.2 Å². The lowest BCUT2D eigenvalue weighted by Gasteiger charge is -2.27. The first-order chi connectivity index (χ1) is 26.5. The fourth-order valence-electron chi connectivity index (χ4n) is 7.34. The molecule has 4 atom stereocenters. The molecule has 1 amide bonds. The molecule has 0 fully saturated rings. The summed E-state index contributed by atoms with van der Waals surface area (Å²) in [5.74, 6) is -0.597. The van der Waals surface area contributed by atoms with Gasteiger partial charge in [-0.2, -0.15) is 0 Å². The van der Waals surface area contributed by atoms with Crippen LogP contribution < -0.4 is 5.32 Å². The average molecular weight is 764 g/mol. The van der Waals surface area contributed by atoms with Gasteiger partial charge in [0.25, 0.3) is 0 Å². The first-order valence-corrected chi connectivity index (χ1v) is 23.7. The number of carbonyl (C=O) groups is 1. The molecule has 0 saturated heterocycles. The first kappa shape index (κ1) is 52.8. The van der Waals surface area contributed by atoms with Crippen molar-refractivity contribution in [2.45, 2.75) is 269 Å². The topological polar surface area (TPSA) is 110 Å². The Bertz CT molecular complexity index is 817. The third kappa shape index (κ3) is 36.4. The van der Waals surface area contributed by atoms with Crippen molar-refractivity contribution in [3.05, 3.63) is 24.3 Å². The number of carbonyl (C=O) groups excluding carboxylic acids is 1. The van der Waals surface area contributed by atoms with Gasteiger partial charge in [-0.15, -0.1) is 0 Å². The molecule has 0 aliphatic rings. The van der Waals surface area contributed by atoms with Gasteiger partial charge in [0.2, 0.25) is 5.91 Å². The molecule has 6 heteroatoms. The molecule has 0 bridgehead atoms. The van der Waals surface area contributed by atoms with E-state index in [2.05, 4.69) is 43.5 Å². The van der Waals surface area contributed by atoms with Crippen LogP contribution in [0.5, 0.6) is 0 Å². The van der Waals surface area contributed by atoms with E-state index >= 15 is 0 Å². The minimum Gasteiger partial charge on any atom is -0.394 e. The Morgan fingerprint density at radius 1 is 0.444 bits per heavy atom. The number of hydrogen-bond acceptors (Lipinski definition) is 5. The van der Waals surface area contributed by atoms with Gasteiger partial charge >= 0.3 is 0 Å². The predicted molar refractivity (Wildman–Crippen MR) is 233 cm³/mol. The molecule has 0 aromatic carbocycles. The number of aliphatic hydroxyl groups excluding tert-OH is 4. The third-order valence-corrected chi connectivity index (χ3v) is 11.1. The second kappa shape index (κ2) is 42.9. The summed E-state index contributed by atoms with van der Waals surface area (Å²) in [5.41, 5.74) is 0. The molecule has 0 heterocycles. The smallest absolute Gasteiger partial charge is 0.249 e. The van der Waals surface area contributed by atoms with Crippen LogP contribution in [-0.4, -0.2) is 57.3 Å². The maximum absolute atomic E-state index is 12.5. The van der Waals surface area contributed by atoms with Gasteiger partial charge in [0, 0.05) is 0 Å². The van der Waals surface area contributed by atoms with E-state index in [1.165, 1.54) is 173 Å². The summed E-state index contributed by atoms with van der Waals surface area (Å²) in [7, 11) is 0. The predicted octanol–water partition coefficient (Wildman–Crippen LogP) is 12.7. The molecule has 0 aromatic heterocycles. The molecule has 0 saturated carbocycles. The summed E-state index contributed by atoms with van der Waals surface area (Å²) in [4.78, 5) is 12.5. The fraction of sp³-hybridized carbons (Fsp3) is 0.896. The largest absolute Gasteiger partial charge is 0.394 e. The van der Waals surface area contributed by atoms with Gasteiger partial charge in [0.05, 0.1) is 18.8 Å². The maximum Gasteiger partial charge on any atom is 0.249 e. The molecule has 0 aliphatic carbocycles. The second-order valence-corrected chi connectivity index (χ2v) is 16.4. The van der Waals surface area contributed by atoms with Crippen LogP contribution in [0.25, 0.3) is 0 Å². The van der Waals surface area contributed by atoms with Crippen LogP contribution in [-0.2, 0) is 4.79 Å². The van der Waals surface area contributed by atoms with E-state index in [-0.39, 0.29) is 0 Å². The van der Waals surface area contributed by atoms with Gasteiger partial charge in [-0.05, 0) is 64.2 Å². The van der Waals surface area contributed by atoms with Crippen molar-refractivity contribution in [1.29, 1.82) is 0 Å². The molecule has 5 N–H and O–H groups in total. The molecular weight excluding hydrogens is 671 g/mol.